The highest BCUT2D eigenvalue weighted by atomic mass is 16.5. The molecule has 0 saturated carbocycles. The lowest BCUT2D eigenvalue weighted by Gasteiger charge is -2.25. The average Bonchev–Trinajstić information content (AvgIpc) is 3.17. The molecule has 1 heterocycles. The zero-order valence-electron chi connectivity index (χ0n) is 18.2. The zero-order chi connectivity index (χ0) is 22.0. The lowest BCUT2D eigenvalue weighted by Crippen LogP contribution is -2.42. The molecule has 158 valence electrons. The van der Waals surface area contributed by atoms with Crippen molar-refractivity contribution in [1.29, 1.82) is 0 Å². The van der Waals surface area contributed by atoms with Crippen LogP contribution >= 0.6 is 0 Å². The summed E-state index contributed by atoms with van der Waals surface area (Å²) in [7, 11) is 0. The van der Waals surface area contributed by atoms with Gasteiger partial charge in [0.1, 0.15) is 11.3 Å². The quantitative estimate of drug-likeness (QED) is 0.396. The zero-order valence-corrected chi connectivity index (χ0v) is 18.2. The van der Waals surface area contributed by atoms with E-state index in [4.69, 9.17) is 9.15 Å². The number of carbonyl (C=O) groups is 1. The Hall–Kier alpha value is -3.60. The summed E-state index contributed by atoms with van der Waals surface area (Å²) in [5, 5.41) is 2.92. The number of hydrogen-bond acceptors (Lipinski definition) is 4. The van der Waals surface area contributed by atoms with E-state index >= 15 is 0 Å². The first-order chi connectivity index (χ1) is 14.8. The molecule has 0 atom stereocenters. The predicted molar refractivity (Wildman–Crippen MR) is 123 cm³/mol. The number of aromatic nitrogens is 1. The minimum Gasteiger partial charge on any atom is -0.478 e. The van der Waals surface area contributed by atoms with Gasteiger partial charge in [-0.1, -0.05) is 44.2 Å². The fourth-order valence-electron chi connectivity index (χ4n) is 3.25. The van der Waals surface area contributed by atoms with Gasteiger partial charge in [0.2, 0.25) is 5.89 Å². The SMILES string of the molecule is CC(C)c1ccc(-c2nc3cc(NC(=O)C(C)(C)Oc4ccccc4)ccc3o2)cc1. The summed E-state index contributed by atoms with van der Waals surface area (Å²) in [6.45, 7) is 7.80. The van der Waals surface area contributed by atoms with E-state index in [9.17, 15) is 4.79 Å². The Morgan fingerprint density at radius 3 is 2.39 bits per heavy atom. The van der Waals surface area contributed by atoms with Gasteiger partial charge in [0.05, 0.1) is 0 Å². The fraction of sp³-hybridized carbons (Fsp3) is 0.231. The Labute approximate surface area is 182 Å². The monoisotopic (exact) mass is 414 g/mol. The second-order valence-electron chi connectivity index (χ2n) is 8.36. The first kappa shape index (κ1) is 20.7. The Morgan fingerprint density at radius 2 is 1.71 bits per heavy atom. The van der Waals surface area contributed by atoms with E-state index in [-0.39, 0.29) is 5.91 Å². The van der Waals surface area contributed by atoms with Crippen molar-refractivity contribution < 1.29 is 13.9 Å². The Morgan fingerprint density at radius 1 is 1.00 bits per heavy atom. The minimum absolute atomic E-state index is 0.247. The van der Waals surface area contributed by atoms with Crippen LogP contribution in [0.1, 0.15) is 39.2 Å². The molecule has 0 aliphatic carbocycles. The van der Waals surface area contributed by atoms with Crippen LogP contribution in [0.15, 0.2) is 77.2 Å². The van der Waals surface area contributed by atoms with E-state index in [1.807, 2.05) is 48.5 Å². The molecule has 0 radical (unpaired) electrons. The maximum atomic E-state index is 12.8. The lowest BCUT2D eigenvalue weighted by molar-refractivity contribution is -0.128. The predicted octanol–water partition coefficient (Wildman–Crippen LogP) is 6.41. The molecule has 1 aromatic heterocycles. The van der Waals surface area contributed by atoms with Crippen LogP contribution < -0.4 is 10.1 Å². The van der Waals surface area contributed by atoms with Gasteiger partial charge >= 0.3 is 0 Å². The Bertz CT molecular complexity index is 1190. The van der Waals surface area contributed by atoms with Gasteiger partial charge in [0, 0.05) is 11.3 Å². The molecule has 4 aromatic rings. The summed E-state index contributed by atoms with van der Waals surface area (Å²) in [6, 6.07) is 22.9. The fourth-order valence-corrected chi connectivity index (χ4v) is 3.25. The summed E-state index contributed by atoms with van der Waals surface area (Å²) < 4.78 is 11.8. The third-order valence-corrected chi connectivity index (χ3v) is 5.13. The van der Waals surface area contributed by atoms with E-state index in [2.05, 4.69) is 36.3 Å². The van der Waals surface area contributed by atoms with Gasteiger partial charge in [-0.15, -0.1) is 0 Å². The number of nitrogens with one attached hydrogen (secondary N) is 1. The summed E-state index contributed by atoms with van der Waals surface area (Å²) >= 11 is 0. The summed E-state index contributed by atoms with van der Waals surface area (Å²) in [4.78, 5) is 17.4. The molecule has 4 rings (SSSR count). The van der Waals surface area contributed by atoms with E-state index in [0.717, 1.165) is 5.56 Å². The molecular formula is C26H26N2O3. The van der Waals surface area contributed by atoms with E-state index in [0.29, 0.717) is 34.3 Å². The molecule has 5 nitrogen and oxygen atoms in total. The third-order valence-electron chi connectivity index (χ3n) is 5.13. The number of anilines is 1. The van der Waals surface area contributed by atoms with Crippen LogP contribution in [0.25, 0.3) is 22.6 Å². The summed E-state index contributed by atoms with van der Waals surface area (Å²) in [6.07, 6.45) is 0. The molecule has 0 bridgehead atoms. The maximum absolute atomic E-state index is 12.8. The van der Waals surface area contributed by atoms with Crippen molar-refractivity contribution in [3.63, 3.8) is 0 Å². The van der Waals surface area contributed by atoms with Gasteiger partial charge in [0.15, 0.2) is 11.2 Å². The second kappa shape index (κ2) is 8.26. The van der Waals surface area contributed by atoms with Gasteiger partial charge in [-0.3, -0.25) is 4.79 Å². The number of para-hydroxylation sites is 1. The molecule has 5 heteroatoms. The molecule has 0 fully saturated rings. The van der Waals surface area contributed by atoms with Crippen molar-refractivity contribution in [3.05, 3.63) is 78.4 Å². The summed E-state index contributed by atoms with van der Waals surface area (Å²) in [5.41, 5.74) is 3.14. The topological polar surface area (TPSA) is 64.4 Å². The number of fused-ring (bicyclic) bond motifs is 1. The molecule has 1 N–H and O–H groups in total. The number of hydrogen-bond donors (Lipinski definition) is 1. The van der Waals surface area contributed by atoms with E-state index < -0.39 is 5.60 Å². The van der Waals surface area contributed by atoms with Crippen molar-refractivity contribution >= 4 is 22.7 Å². The normalized spacial score (nSPS) is 11.6. The minimum atomic E-state index is -1.04. The third kappa shape index (κ3) is 4.61. The smallest absolute Gasteiger partial charge is 0.267 e. The highest BCUT2D eigenvalue weighted by molar-refractivity contribution is 5.98. The second-order valence-corrected chi connectivity index (χ2v) is 8.36. The van der Waals surface area contributed by atoms with Crippen molar-refractivity contribution in [3.8, 4) is 17.2 Å². The van der Waals surface area contributed by atoms with Crippen molar-refractivity contribution in [2.45, 2.75) is 39.2 Å². The maximum Gasteiger partial charge on any atom is 0.267 e. The highest BCUT2D eigenvalue weighted by Gasteiger charge is 2.30. The van der Waals surface area contributed by atoms with Crippen molar-refractivity contribution in [2.24, 2.45) is 0 Å². The molecule has 0 spiro atoms. The van der Waals surface area contributed by atoms with Gasteiger partial charge < -0.3 is 14.5 Å². The number of oxazole rings is 1. The molecule has 0 unspecified atom stereocenters. The van der Waals surface area contributed by atoms with Crippen LogP contribution in [0.5, 0.6) is 5.75 Å². The Balaban J connectivity index is 1.52. The van der Waals surface area contributed by atoms with Crippen LogP contribution in [0.2, 0.25) is 0 Å². The lowest BCUT2D eigenvalue weighted by atomic mass is 10.0. The highest BCUT2D eigenvalue weighted by Crippen LogP contribution is 2.28. The van der Waals surface area contributed by atoms with Gasteiger partial charge in [-0.2, -0.15) is 0 Å². The van der Waals surface area contributed by atoms with Crippen LogP contribution in [-0.2, 0) is 4.79 Å². The molecular weight excluding hydrogens is 388 g/mol. The van der Waals surface area contributed by atoms with Gasteiger partial charge in [0.25, 0.3) is 5.91 Å². The van der Waals surface area contributed by atoms with Crippen LogP contribution in [0, 0.1) is 0 Å². The number of ether oxygens (including phenoxy) is 1. The summed E-state index contributed by atoms with van der Waals surface area (Å²) in [5.74, 6) is 1.42. The molecule has 1 amide bonds. The van der Waals surface area contributed by atoms with Crippen LogP contribution in [0.3, 0.4) is 0 Å². The standard InChI is InChI=1S/C26H26N2O3/c1-17(2)18-10-12-19(13-11-18)24-28-22-16-20(14-15-23(22)30-24)27-25(29)26(3,4)31-21-8-6-5-7-9-21/h5-17H,1-4H3,(H,27,29). The largest absolute Gasteiger partial charge is 0.478 e. The first-order valence-electron chi connectivity index (χ1n) is 10.4. The molecule has 31 heavy (non-hydrogen) atoms. The Kier molecular flexibility index (Phi) is 5.51. The number of carbonyl (C=O) groups excluding carboxylic acids is 1. The molecule has 0 aliphatic heterocycles. The van der Waals surface area contributed by atoms with Crippen LogP contribution in [0.4, 0.5) is 5.69 Å². The van der Waals surface area contributed by atoms with E-state index in [1.54, 1.807) is 26.0 Å². The number of amides is 1. The molecule has 0 aliphatic rings. The number of rotatable bonds is 6. The van der Waals surface area contributed by atoms with E-state index in [1.165, 1.54) is 5.56 Å². The van der Waals surface area contributed by atoms with Crippen molar-refractivity contribution in [1.82, 2.24) is 4.98 Å². The van der Waals surface area contributed by atoms with Crippen LogP contribution in [-0.4, -0.2) is 16.5 Å². The first-order valence-corrected chi connectivity index (χ1v) is 10.4. The molecule has 3 aromatic carbocycles. The number of benzene rings is 3. The number of nitrogens with zero attached hydrogens (tertiary/aromatic N) is 1. The van der Waals surface area contributed by atoms with Gasteiger partial charge in [-0.25, -0.2) is 4.98 Å². The van der Waals surface area contributed by atoms with Gasteiger partial charge in [-0.05, 0) is 67.8 Å². The molecule has 0 saturated heterocycles. The van der Waals surface area contributed by atoms with Crippen molar-refractivity contribution in [2.75, 3.05) is 5.32 Å². The average molecular weight is 415 g/mol.